The van der Waals surface area contributed by atoms with Gasteiger partial charge in [-0.25, -0.2) is 9.97 Å². The molecule has 2 rings (SSSR count). The summed E-state index contributed by atoms with van der Waals surface area (Å²) in [5.74, 6) is -0.401. The quantitative estimate of drug-likeness (QED) is 0.913. The van der Waals surface area contributed by atoms with E-state index in [0.717, 1.165) is 11.3 Å². The Labute approximate surface area is 112 Å². The average molecular weight is 256 g/mol. The van der Waals surface area contributed by atoms with E-state index in [-0.39, 0.29) is 6.42 Å². The largest absolute Gasteiger partial charge is 0.481 e. The topological polar surface area (TPSA) is 63.1 Å². The van der Waals surface area contributed by atoms with Gasteiger partial charge in [-0.05, 0) is 17.5 Å². The van der Waals surface area contributed by atoms with E-state index in [0.29, 0.717) is 11.6 Å². The third kappa shape index (κ3) is 3.37. The second-order valence-corrected chi connectivity index (χ2v) is 4.74. The van der Waals surface area contributed by atoms with Crippen molar-refractivity contribution in [3.05, 3.63) is 47.9 Å². The molecule has 0 spiro atoms. The van der Waals surface area contributed by atoms with E-state index in [4.69, 9.17) is 5.11 Å². The number of carboxylic acids is 1. The number of aromatic nitrogens is 2. The number of hydrogen-bond acceptors (Lipinski definition) is 3. The zero-order chi connectivity index (χ0) is 13.8. The SMILES string of the molecule is CC(C)c1ccc(-c2cc(CC(=O)O)ncn2)cc1. The first-order valence-corrected chi connectivity index (χ1v) is 6.19. The number of hydrogen-bond donors (Lipinski definition) is 1. The van der Waals surface area contributed by atoms with Gasteiger partial charge in [-0.15, -0.1) is 0 Å². The summed E-state index contributed by atoms with van der Waals surface area (Å²) < 4.78 is 0. The second-order valence-electron chi connectivity index (χ2n) is 4.74. The Morgan fingerprint density at radius 2 is 1.89 bits per heavy atom. The lowest BCUT2D eigenvalue weighted by atomic mass is 10.0. The molecular formula is C15H16N2O2. The summed E-state index contributed by atoms with van der Waals surface area (Å²) in [6.07, 6.45) is 1.32. The molecule has 0 amide bonds. The van der Waals surface area contributed by atoms with Gasteiger partial charge in [0, 0.05) is 5.56 Å². The van der Waals surface area contributed by atoms with Crippen LogP contribution in [0, 0.1) is 0 Å². The standard InChI is InChI=1S/C15H16N2O2/c1-10(2)11-3-5-12(6-4-11)14-7-13(8-15(18)19)16-9-17-14/h3-7,9-10H,8H2,1-2H3,(H,18,19). The molecule has 0 aliphatic rings. The van der Waals surface area contributed by atoms with Crippen molar-refractivity contribution in [2.45, 2.75) is 26.2 Å². The van der Waals surface area contributed by atoms with Crippen LogP contribution in [0.15, 0.2) is 36.7 Å². The number of nitrogens with zero attached hydrogens (tertiary/aromatic N) is 2. The third-order valence-electron chi connectivity index (χ3n) is 2.93. The molecule has 1 N–H and O–H groups in total. The molecule has 1 aromatic carbocycles. The van der Waals surface area contributed by atoms with Crippen LogP contribution in [0.5, 0.6) is 0 Å². The minimum Gasteiger partial charge on any atom is -0.481 e. The van der Waals surface area contributed by atoms with Crippen molar-refractivity contribution >= 4 is 5.97 Å². The van der Waals surface area contributed by atoms with Gasteiger partial charge in [0.2, 0.25) is 0 Å². The molecule has 2 aromatic rings. The smallest absolute Gasteiger partial charge is 0.309 e. The molecule has 0 aliphatic heterocycles. The van der Waals surface area contributed by atoms with Crippen molar-refractivity contribution in [3.63, 3.8) is 0 Å². The lowest BCUT2D eigenvalue weighted by molar-refractivity contribution is -0.136. The van der Waals surface area contributed by atoms with E-state index in [2.05, 4.69) is 35.9 Å². The maximum absolute atomic E-state index is 10.7. The van der Waals surface area contributed by atoms with Crippen molar-refractivity contribution in [2.24, 2.45) is 0 Å². The van der Waals surface area contributed by atoms with E-state index in [1.807, 2.05) is 12.1 Å². The van der Waals surface area contributed by atoms with E-state index >= 15 is 0 Å². The molecule has 4 nitrogen and oxygen atoms in total. The predicted octanol–water partition coefficient (Wildman–Crippen LogP) is 2.89. The van der Waals surface area contributed by atoms with Gasteiger partial charge in [-0.1, -0.05) is 38.1 Å². The Hall–Kier alpha value is -2.23. The van der Waals surface area contributed by atoms with Gasteiger partial charge >= 0.3 is 5.97 Å². The van der Waals surface area contributed by atoms with Gasteiger partial charge < -0.3 is 5.11 Å². The van der Waals surface area contributed by atoms with Crippen molar-refractivity contribution in [2.75, 3.05) is 0 Å². The molecule has 0 unspecified atom stereocenters. The van der Waals surface area contributed by atoms with Crippen molar-refractivity contribution < 1.29 is 9.90 Å². The molecule has 19 heavy (non-hydrogen) atoms. The van der Waals surface area contributed by atoms with Crippen molar-refractivity contribution in [1.82, 2.24) is 9.97 Å². The highest BCUT2D eigenvalue weighted by Gasteiger charge is 2.06. The molecule has 0 aliphatic carbocycles. The van der Waals surface area contributed by atoms with E-state index in [1.54, 1.807) is 6.07 Å². The highest BCUT2D eigenvalue weighted by Crippen LogP contribution is 2.21. The Morgan fingerprint density at radius 3 is 2.47 bits per heavy atom. The minimum atomic E-state index is -0.889. The first-order valence-electron chi connectivity index (χ1n) is 6.19. The molecule has 1 heterocycles. The Balaban J connectivity index is 2.28. The molecule has 0 saturated heterocycles. The van der Waals surface area contributed by atoms with Crippen LogP contribution in [0.4, 0.5) is 0 Å². The minimum absolute atomic E-state index is 0.0837. The monoisotopic (exact) mass is 256 g/mol. The maximum atomic E-state index is 10.7. The van der Waals surface area contributed by atoms with Crippen LogP contribution in [-0.2, 0) is 11.2 Å². The van der Waals surface area contributed by atoms with E-state index in [9.17, 15) is 4.79 Å². The van der Waals surface area contributed by atoms with Gasteiger partial charge in [0.25, 0.3) is 0 Å². The van der Waals surface area contributed by atoms with Crippen LogP contribution in [-0.4, -0.2) is 21.0 Å². The molecule has 0 radical (unpaired) electrons. The molecular weight excluding hydrogens is 240 g/mol. The van der Waals surface area contributed by atoms with Crippen molar-refractivity contribution in [3.8, 4) is 11.3 Å². The Kier molecular flexibility index (Phi) is 3.90. The van der Waals surface area contributed by atoms with Crippen LogP contribution >= 0.6 is 0 Å². The molecule has 0 bridgehead atoms. The number of carbonyl (C=O) groups is 1. The lowest BCUT2D eigenvalue weighted by Crippen LogP contribution is -2.03. The summed E-state index contributed by atoms with van der Waals surface area (Å²) >= 11 is 0. The zero-order valence-electron chi connectivity index (χ0n) is 11.0. The molecule has 0 saturated carbocycles. The fourth-order valence-corrected chi connectivity index (χ4v) is 1.85. The molecule has 4 heteroatoms. The van der Waals surface area contributed by atoms with E-state index < -0.39 is 5.97 Å². The van der Waals surface area contributed by atoms with E-state index in [1.165, 1.54) is 11.9 Å². The summed E-state index contributed by atoms with van der Waals surface area (Å²) in [7, 11) is 0. The second kappa shape index (κ2) is 5.61. The van der Waals surface area contributed by atoms with Gasteiger partial charge in [-0.3, -0.25) is 4.79 Å². The summed E-state index contributed by atoms with van der Waals surface area (Å²) in [4.78, 5) is 18.8. The number of carboxylic acid groups (broad SMARTS) is 1. The molecule has 1 aromatic heterocycles. The van der Waals surface area contributed by atoms with Gasteiger partial charge in [0.05, 0.1) is 17.8 Å². The average Bonchev–Trinajstić information content (AvgIpc) is 2.38. The summed E-state index contributed by atoms with van der Waals surface area (Å²) in [5, 5.41) is 8.77. The van der Waals surface area contributed by atoms with Crippen LogP contribution in [0.2, 0.25) is 0 Å². The zero-order valence-corrected chi connectivity index (χ0v) is 11.0. The first-order chi connectivity index (χ1) is 9.06. The van der Waals surface area contributed by atoms with Gasteiger partial charge in [-0.2, -0.15) is 0 Å². The van der Waals surface area contributed by atoms with Crippen molar-refractivity contribution in [1.29, 1.82) is 0 Å². The molecule has 0 fully saturated rings. The Morgan fingerprint density at radius 1 is 1.21 bits per heavy atom. The highest BCUT2D eigenvalue weighted by atomic mass is 16.4. The van der Waals surface area contributed by atoms with Crippen LogP contribution in [0.25, 0.3) is 11.3 Å². The normalized spacial score (nSPS) is 10.7. The summed E-state index contributed by atoms with van der Waals surface area (Å²) in [6, 6.07) is 9.86. The summed E-state index contributed by atoms with van der Waals surface area (Å²) in [6.45, 7) is 4.29. The van der Waals surface area contributed by atoms with Crippen LogP contribution < -0.4 is 0 Å². The Bertz CT molecular complexity index is 577. The molecule has 98 valence electrons. The van der Waals surface area contributed by atoms with Gasteiger partial charge in [0.1, 0.15) is 6.33 Å². The fourth-order valence-electron chi connectivity index (χ4n) is 1.85. The predicted molar refractivity (Wildman–Crippen MR) is 72.9 cm³/mol. The number of rotatable bonds is 4. The third-order valence-corrected chi connectivity index (χ3v) is 2.93. The number of benzene rings is 1. The van der Waals surface area contributed by atoms with Crippen LogP contribution in [0.3, 0.4) is 0 Å². The summed E-state index contributed by atoms with van der Waals surface area (Å²) in [5.41, 5.74) is 3.51. The lowest BCUT2D eigenvalue weighted by Gasteiger charge is -2.07. The first kappa shape index (κ1) is 13.2. The molecule has 0 atom stereocenters. The number of aliphatic carboxylic acids is 1. The van der Waals surface area contributed by atoms with Gasteiger partial charge in [0.15, 0.2) is 0 Å². The van der Waals surface area contributed by atoms with Crippen LogP contribution in [0.1, 0.15) is 31.0 Å². The fraction of sp³-hybridized carbons (Fsp3) is 0.267. The maximum Gasteiger partial charge on any atom is 0.309 e. The highest BCUT2D eigenvalue weighted by molar-refractivity contribution is 5.70.